The summed E-state index contributed by atoms with van der Waals surface area (Å²) in [5, 5.41) is 2.64. The van der Waals surface area contributed by atoms with Crippen molar-refractivity contribution in [1.29, 1.82) is 0 Å². The van der Waals surface area contributed by atoms with Crippen molar-refractivity contribution in [3.63, 3.8) is 0 Å². The summed E-state index contributed by atoms with van der Waals surface area (Å²) in [6, 6.07) is 3.97. The van der Waals surface area contributed by atoms with Gasteiger partial charge < -0.3 is 9.88 Å². The molecule has 5 nitrogen and oxygen atoms in total. The van der Waals surface area contributed by atoms with Gasteiger partial charge in [-0.05, 0) is 37.0 Å². The fourth-order valence-corrected chi connectivity index (χ4v) is 3.57. The Hall–Kier alpha value is -2.64. The highest BCUT2D eigenvalue weighted by atomic mass is 19.4. The summed E-state index contributed by atoms with van der Waals surface area (Å²) in [6.07, 6.45) is 1.90. The standard InChI is InChI=1S/C20H22F3N3O2/c1-13-6-8-17(24-11-13)25-19(28)16(10-14-4-2-3-5-14)26-12-15(20(21,22)23)7-9-18(26)27/h6-9,11-12,14,16H,2-5,10H2,1H3,(H,24,25,28). The maximum absolute atomic E-state index is 13.1. The molecule has 2 heterocycles. The van der Waals surface area contributed by atoms with Gasteiger partial charge in [-0.2, -0.15) is 13.2 Å². The van der Waals surface area contributed by atoms with E-state index in [1.54, 1.807) is 18.3 Å². The van der Waals surface area contributed by atoms with Crippen molar-refractivity contribution in [2.24, 2.45) is 5.92 Å². The van der Waals surface area contributed by atoms with Crippen molar-refractivity contribution >= 4 is 11.7 Å². The van der Waals surface area contributed by atoms with E-state index < -0.39 is 29.2 Å². The Balaban J connectivity index is 1.93. The van der Waals surface area contributed by atoms with Crippen LogP contribution in [0.2, 0.25) is 0 Å². The summed E-state index contributed by atoms with van der Waals surface area (Å²) in [7, 11) is 0. The third-order valence-corrected chi connectivity index (χ3v) is 5.10. The van der Waals surface area contributed by atoms with Gasteiger partial charge in [0.2, 0.25) is 5.91 Å². The Morgan fingerprint density at radius 2 is 1.96 bits per heavy atom. The summed E-state index contributed by atoms with van der Waals surface area (Å²) in [4.78, 5) is 29.3. The molecule has 1 aliphatic carbocycles. The van der Waals surface area contributed by atoms with Gasteiger partial charge in [-0.3, -0.25) is 9.59 Å². The molecule has 3 rings (SSSR count). The van der Waals surface area contributed by atoms with Crippen molar-refractivity contribution in [2.45, 2.75) is 51.2 Å². The summed E-state index contributed by atoms with van der Waals surface area (Å²) in [5.74, 6) is -0.0418. The fourth-order valence-electron chi connectivity index (χ4n) is 3.57. The number of pyridine rings is 2. The fraction of sp³-hybridized carbons (Fsp3) is 0.450. The lowest BCUT2D eigenvalue weighted by atomic mass is 9.97. The number of nitrogens with one attached hydrogen (secondary N) is 1. The van der Waals surface area contributed by atoms with Crippen LogP contribution in [0.25, 0.3) is 0 Å². The molecule has 8 heteroatoms. The van der Waals surface area contributed by atoms with Crippen molar-refractivity contribution in [1.82, 2.24) is 9.55 Å². The second-order valence-electron chi connectivity index (χ2n) is 7.27. The van der Waals surface area contributed by atoms with E-state index in [1.165, 1.54) is 0 Å². The number of alkyl halides is 3. The Labute approximate surface area is 160 Å². The van der Waals surface area contributed by atoms with Crippen LogP contribution < -0.4 is 10.9 Å². The largest absolute Gasteiger partial charge is 0.417 e. The highest BCUT2D eigenvalue weighted by Crippen LogP contribution is 2.33. The van der Waals surface area contributed by atoms with E-state index in [2.05, 4.69) is 10.3 Å². The van der Waals surface area contributed by atoms with E-state index in [4.69, 9.17) is 0 Å². The summed E-state index contributed by atoms with van der Waals surface area (Å²) in [5.41, 5.74) is -0.678. The zero-order chi connectivity index (χ0) is 20.3. The average Bonchev–Trinajstić information content (AvgIpc) is 3.14. The number of nitrogens with zero attached hydrogens (tertiary/aromatic N) is 2. The molecule has 1 atom stereocenters. The summed E-state index contributed by atoms with van der Waals surface area (Å²) >= 11 is 0. The number of rotatable bonds is 5. The van der Waals surface area contributed by atoms with Crippen LogP contribution in [-0.4, -0.2) is 15.5 Å². The van der Waals surface area contributed by atoms with Crippen LogP contribution in [0.5, 0.6) is 0 Å². The van der Waals surface area contributed by atoms with Gasteiger partial charge in [-0.1, -0.05) is 31.7 Å². The van der Waals surface area contributed by atoms with Crippen LogP contribution >= 0.6 is 0 Å². The van der Waals surface area contributed by atoms with Gasteiger partial charge in [0.05, 0.1) is 5.56 Å². The van der Waals surface area contributed by atoms with Gasteiger partial charge in [-0.15, -0.1) is 0 Å². The molecule has 1 fully saturated rings. The van der Waals surface area contributed by atoms with Gasteiger partial charge in [0.15, 0.2) is 0 Å². The van der Waals surface area contributed by atoms with Crippen LogP contribution in [-0.2, 0) is 11.0 Å². The normalized spacial score (nSPS) is 16.1. The number of halogens is 3. The van der Waals surface area contributed by atoms with E-state index in [-0.39, 0.29) is 5.92 Å². The second-order valence-corrected chi connectivity index (χ2v) is 7.27. The number of anilines is 1. The van der Waals surface area contributed by atoms with Gasteiger partial charge in [0, 0.05) is 18.5 Å². The maximum atomic E-state index is 13.1. The van der Waals surface area contributed by atoms with E-state index in [1.807, 2.05) is 6.92 Å². The number of carbonyl (C=O) groups is 1. The van der Waals surface area contributed by atoms with Crippen LogP contribution in [0.3, 0.4) is 0 Å². The SMILES string of the molecule is Cc1ccc(NC(=O)C(CC2CCCC2)n2cc(C(F)(F)F)ccc2=O)nc1. The molecule has 1 unspecified atom stereocenters. The first-order chi connectivity index (χ1) is 13.2. The minimum absolute atomic E-state index is 0.197. The molecule has 2 aromatic rings. The molecule has 0 aliphatic heterocycles. The Kier molecular flexibility index (Phi) is 5.86. The highest BCUT2D eigenvalue weighted by Gasteiger charge is 2.33. The molecular formula is C20H22F3N3O2. The van der Waals surface area contributed by atoms with Gasteiger partial charge in [0.25, 0.3) is 5.56 Å². The van der Waals surface area contributed by atoms with Gasteiger partial charge in [0.1, 0.15) is 11.9 Å². The monoisotopic (exact) mass is 393 g/mol. The summed E-state index contributed by atoms with van der Waals surface area (Å²) in [6.45, 7) is 1.85. The smallest absolute Gasteiger partial charge is 0.309 e. The maximum Gasteiger partial charge on any atom is 0.417 e. The third kappa shape index (κ3) is 4.79. The number of carbonyl (C=O) groups excluding carboxylic acids is 1. The predicted octanol–water partition coefficient (Wildman–Crippen LogP) is 4.33. The first-order valence-electron chi connectivity index (χ1n) is 9.27. The van der Waals surface area contributed by atoms with Crippen molar-refractivity contribution < 1.29 is 18.0 Å². The van der Waals surface area contributed by atoms with Crippen LogP contribution in [0.15, 0.2) is 41.5 Å². The molecule has 1 aliphatic rings. The van der Waals surface area contributed by atoms with Gasteiger partial charge in [-0.25, -0.2) is 4.98 Å². The minimum Gasteiger partial charge on any atom is -0.309 e. The van der Waals surface area contributed by atoms with E-state index in [9.17, 15) is 22.8 Å². The Morgan fingerprint density at radius 3 is 2.57 bits per heavy atom. The number of hydrogen-bond donors (Lipinski definition) is 1. The first-order valence-corrected chi connectivity index (χ1v) is 9.27. The van der Waals surface area contributed by atoms with Crippen molar-refractivity contribution in [3.8, 4) is 0 Å². The number of hydrogen-bond acceptors (Lipinski definition) is 3. The van der Waals surface area contributed by atoms with Gasteiger partial charge >= 0.3 is 6.18 Å². The molecule has 0 aromatic carbocycles. The Bertz CT molecular complexity index is 885. The number of amides is 1. The van der Waals surface area contributed by atoms with Crippen LogP contribution in [0, 0.1) is 12.8 Å². The lowest BCUT2D eigenvalue weighted by molar-refractivity contribution is -0.138. The highest BCUT2D eigenvalue weighted by molar-refractivity contribution is 5.92. The minimum atomic E-state index is -4.59. The van der Waals surface area contributed by atoms with Crippen LogP contribution in [0.4, 0.5) is 19.0 Å². The molecule has 0 spiro atoms. The Morgan fingerprint density at radius 1 is 1.25 bits per heavy atom. The van der Waals surface area contributed by atoms with E-state index in [0.717, 1.165) is 54.1 Å². The third-order valence-electron chi connectivity index (χ3n) is 5.10. The topological polar surface area (TPSA) is 64.0 Å². The second kappa shape index (κ2) is 8.16. The lowest BCUT2D eigenvalue weighted by Crippen LogP contribution is -2.35. The predicted molar refractivity (Wildman–Crippen MR) is 98.9 cm³/mol. The molecule has 1 saturated carbocycles. The molecule has 1 N–H and O–H groups in total. The molecule has 0 saturated heterocycles. The molecule has 150 valence electrons. The molecule has 1 amide bonds. The molecule has 0 bridgehead atoms. The first kappa shape index (κ1) is 20.1. The van der Waals surface area contributed by atoms with Crippen molar-refractivity contribution in [3.05, 3.63) is 58.1 Å². The molecule has 2 aromatic heterocycles. The average molecular weight is 393 g/mol. The van der Waals surface area contributed by atoms with E-state index >= 15 is 0 Å². The molecule has 0 radical (unpaired) electrons. The molecule has 28 heavy (non-hydrogen) atoms. The summed E-state index contributed by atoms with van der Waals surface area (Å²) < 4.78 is 40.3. The lowest BCUT2D eigenvalue weighted by Gasteiger charge is -2.23. The number of aryl methyl sites for hydroxylation is 1. The zero-order valence-electron chi connectivity index (χ0n) is 15.5. The van der Waals surface area contributed by atoms with Crippen LogP contribution in [0.1, 0.15) is 49.3 Å². The molecular weight excluding hydrogens is 371 g/mol. The number of aromatic nitrogens is 2. The quantitative estimate of drug-likeness (QED) is 0.822. The van der Waals surface area contributed by atoms with E-state index in [0.29, 0.717) is 12.2 Å². The van der Waals surface area contributed by atoms with Crippen molar-refractivity contribution in [2.75, 3.05) is 5.32 Å². The zero-order valence-corrected chi connectivity index (χ0v) is 15.5.